The first-order valence-corrected chi connectivity index (χ1v) is 13.5. The average Bonchev–Trinajstić information content (AvgIpc) is 3.29. The lowest BCUT2D eigenvalue weighted by molar-refractivity contribution is -0.136. The molecule has 1 aliphatic heterocycles. The molecular weight excluding hydrogens is 514 g/mol. The van der Waals surface area contributed by atoms with Gasteiger partial charge in [-0.2, -0.15) is 16.9 Å². The number of carboxylic acids is 1. The van der Waals surface area contributed by atoms with Crippen LogP contribution in [0, 0.1) is 0 Å². The summed E-state index contributed by atoms with van der Waals surface area (Å²) in [6, 6.07) is 17.1. The first-order valence-electron chi connectivity index (χ1n) is 11.5. The fraction of sp³-hybridized carbons (Fsp3) is 0.269. The Bertz CT molecular complexity index is 1480. The summed E-state index contributed by atoms with van der Waals surface area (Å²) in [5.74, 6) is -2.09. The van der Waals surface area contributed by atoms with Crippen LogP contribution in [0.1, 0.15) is 16.8 Å². The van der Waals surface area contributed by atoms with E-state index in [1.807, 2.05) is 24.3 Å². The van der Waals surface area contributed by atoms with E-state index in [1.54, 1.807) is 18.2 Å². The van der Waals surface area contributed by atoms with E-state index in [0.29, 0.717) is 5.69 Å². The molecule has 3 aromatic rings. The van der Waals surface area contributed by atoms with E-state index in [4.69, 9.17) is 0 Å². The molecule has 0 spiro atoms. The lowest BCUT2D eigenvalue weighted by atomic mass is 10.1. The molecule has 4 rings (SSSR count). The minimum atomic E-state index is -4.01. The fourth-order valence-corrected chi connectivity index (χ4v) is 6.53. The summed E-state index contributed by atoms with van der Waals surface area (Å²) < 4.78 is 28.3. The molecule has 2 amide bonds. The van der Waals surface area contributed by atoms with Crippen LogP contribution in [0.3, 0.4) is 0 Å². The van der Waals surface area contributed by atoms with Crippen molar-refractivity contribution < 1.29 is 27.9 Å². The van der Waals surface area contributed by atoms with Gasteiger partial charge in [-0.1, -0.05) is 36.4 Å². The van der Waals surface area contributed by atoms with E-state index in [0.717, 1.165) is 15.1 Å². The molecular formula is C26H27N3O6S2. The highest BCUT2D eigenvalue weighted by Crippen LogP contribution is 2.31. The van der Waals surface area contributed by atoms with Gasteiger partial charge in [0.15, 0.2) is 0 Å². The molecule has 9 nitrogen and oxygen atoms in total. The summed E-state index contributed by atoms with van der Waals surface area (Å²) in [4.78, 5) is 40.0. The first-order chi connectivity index (χ1) is 17.5. The van der Waals surface area contributed by atoms with Crippen LogP contribution in [0.25, 0.3) is 10.8 Å². The highest BCUT2D eigenvalue weighted by molar-refractivity contribution is 7.89. The predicted molar refractivity (Wildman–Crippen MR) is 143 cm³/mol. The van der Waals surface area contributed by atoms with Gasteiger partial charge in [0.2, 0.25) is 21.8 Å². The van der Waals surface area contributed by atoms with Gasteiger partial charge in [0, 0.05) is 31.6 Å². The standard InChI is InChI=1S/C26H27N3O6S2/c1-27(16-24(30)28(2)20-9-5-8-19(12-20)26(32)33)25(31)23-14-21(36)15-29(23)37(34,35)22-11-10-17-6-3-4-7-18(17)13-22/h3-13,21,23,36H,14-16H2,1-2H3,(H,32,33). The van der Waals surface area contributed by atoms with Crippen molar-refractivity contribution in [2.45, 2.75) is 22.6 Å². The number of rotatable bonds is 7. The van der Waals surface area contributed by atoms with Gasteiger partial charge in [-0.25, -0.2) is 13.2 Å². The predicted octanol–water partition coefficient (Wildman–Crippen LogP) is 2.72. The van der Waals surface area contributed by atoms with Gasteiger partial charge in [0.05, 0.1) is 17.0 Å². The van der Waals surface area contributed by atoms with Crippen LogP contribution in [0.15, 0.2) is 71.6 Å². The highest BCUT2D eigenvalue weighted by Gasteiger charge is 2.44. The zero-order valence-electron chi connectivity index (χ0n) is 20.3. The smallest absolute Gasteiger partial charge is 0.335 e. The number of likely N-dealkylation sites (N-methyl/N-ethyl adjacent to an activating group) is 2. The molecule has 194 valence electrons. The third kappa shape index (κ3) is 5.48. The van der Waals surface area contributed by atoms with Gasteiger partial charge in [0.25, 0.3) is 0 Å². The maximum atomic E-state index is 13.6. The summed E-state index contributed by atoms with van der Waals surface area (Å²) in [7, 11) is -1.08. The number of thiol groups is 1. The summed E-state index contributed by atoms with van der Waals surface area (Å²) >= 11 is 4.45. The number of anilines is 1. The van der Waals surface area contributed by atoms with E-state index >= 15 is 0 Å². The van der Waals surface area contributed by atoms with Crippen molar-refractivity contribution in [3.05, 3.63) is 72.3 Å². The molecule has 2 unspecified atom stereocenters. The van der Waals surface area contributed by atoms with Crippen molar-refractivity contribution in [2.75, 3.05) is 32.1 Å². The summed E-state index contributed by atoms with van der Waals surface area (Å²) in [5.41, 5.74) is 0.393. The number of sulfonamides is 1. The average molecular weight is 542 g/mol. The van der Waals surface area contributed by atoms with Crippen LogP contribution in [0.4, 0.5) is 5.69 Å². The maximum Gasteiger partial charge on any atom is 0.335 e. The highest BCUT2D eigenvalue weighted by atomic mass is 32.2. The summed E-state index contributed by atoms with van der Waals surface area (Å²) in [5, 5.41) is 10.5. The van der Waals surface area contributed by atoms with Gasteiger partial charge in [-0.15, -0.1) is 0 Å². The number of fused-ring (bicyclic) bond motifs is 1. The molecule has 1 aliphatic rings. The van der Waals surface area contributed by atoms with Crippen LogP contribution in [-0.2, 0) is 19.6 Å². The van der Waals surface area contributed by atoms with Crippen molar-refractivity contribution in [2.24, 2.45) is 0 Å². The van der Waals surface area contributed by atoms with Gasteiger partial charge in [-0.3, -0.25) is 9.59 Å². The topological polar surface area (TPSA) is 115 Å². The number of carbonyl (C=O) groups is 3. The van der Waals surface area contributed by atoms with Crippen LogP contribution < -0.4 is 4.90 Å². The zero-order valence-corrected chi connectivity index (χ0v) is 22.0. The number of benzene rings is 3. The largest absolute Gasteiger partial charge is 0.478 e. The molecule has 1 saturated heterocycles. The van der Waals surface area contributed by atoms with Crippen molar-refractivity contribution in [1.29, 1.82) is 0 Å². The Balaban J connectivity index is 1.52. The number of nitrogens with zero attached hydrogens (tertiary/aromatic N) is 3. The van der Waals surface area contributed by atoms with E-state index in [1.165, 1.54) is 48.2 Å². The number of carboxylic acid groups (broad SMARTS) is 1. The van der Waals surface area contributed by atoms with Gasteiger partial charge in [0.1, 0.15) is 6.04 Å². The minimum absolute atomic E-state index is 0.0295. The molecule has 1 N–H and O–H groups in total. The SMILES string of the molecule is CN(CC(=O)N(C)c1cccc(C(=O)O)c1)C(=O)C1CC(S)CN1S(=O)(=O)c1ccc2ccccc2c1. The van der Waals surface area contributed by atoms with E-state index < -0.39 is 33.8 Å². The quantitative estimate of drug-likeness (QED) is 0.445. The van der Waals surface area contributed by atoms with Crippen LogP contribution in [0.5, 0.6) is 0 Å². The van der Waals surface area contributed by atoms with Gasteiger partial charge in [-0.05, 0) is 47.5 Å². The maximum absolute atomic E-state index is 13.6. The number of carbonyl (C=O) groups excluding carboxylic acids is 2. The molecule has 37 heavy (non-hydrogen) atoms. The molecule has 0 bridgehead atoms. The molecule has 3 aromatic carbocycles. The minimum Gasteiger partial charge on any atom is -0.478 e. The number of hydrogen-bond acceptors (Lipinski definition) is 6. The third-order valence-electron chi connectivity index (χ3n) is 6.45. The summed E-state index contributed by atoms with van der Waals surface area (Å²) in [6.07, 6.45) is 0.212. The van der Waals surface area contributed by atoms with Crippen LogP contribution >= 0.6 is 12.6 Å². The number of aromatic carboxylic acids is 1. The van der Waals surface area contributed by atoms with E-state index in [2.05, 4.69) is 12.6 Å². The van der Waals surface area contributed by atoms with Crippen molar-refractivity contribution >= 4 is 56.9 Å². The molecule has 0 aliphatic carbocycles. The Hall–Kier alpha value is -3.41. The molecule has 0 saturated carbocycles. The van der Waals surface area contributed by atoms with E-state index in [9.17, 15) is 27.9 Å². The molecule has 0 aromatic heterocycles. The fourth-order valence-electron chi connectivity index (χ4n) is 4.37. The van der Waals surface area contributed by atoms with Crippen LogP contribution in [0.2, 0.25) is 0 Å². The van der Waals surface area contributed by atoms with Gasteiger partial charge >= 0.3 is 5.97 Å². The molecule has 1 fully saturated rings. The first kappa shape index (κ1) is 26.6. The second-order valence-electron chi connectivity index (χ2n) is 8.99. The Morgan fingerprint density at radius 2 is 1.70 bits per heavy atom. The second kappa shape index (κ2) is 10.5. The lowest BCUT2D eigenvalue weighted by Crippen LogP contribution is -2.49. The second-order valence-corrected chi connectivity index (χ2v) is 11.6. The van der Waals surface area contributed by atoms with Crippen molar-refractivity contribution in [3.63, 3.8) is 0 Å². The Labute approximate surface area is 220 Å². The Morgan fingerprint density at radius 1 is 1.00 bits per heavy atom. The number of amides is 2. The molecule has 2 atom stereocenters. The third-order valence-corrected chi connectivity index (χ3v) is 8.69. The van der Waals surface area contributed by atoms with Gasteiger partial charge < -0.3 is 14.9 Å². The molecule has 1 heterocycles. The van der Waals surface area contributed by atoms with Crippen LogP contribution in [-0.4, -0.2) is 79.0 Å². The van der Waals surface area contributed by atoms with Crippen molar-refractivity contribution in [1.82, 2.24) is 9.21 Å². The molecule has 11 heteroatoms. The number of hydrogen-bond donors (Lipinski definition) is 2. The van der Waals surface area contributed by atoms with E-state index in [-0.39, 0.29) is 35.2 Å². The van der Waals surface area contributed by atoms with Crippen molar-refractivity contribution in [3.8, 4) is 0 Å². The zero-order chi connectivity index (χ0) is 26.9. The molecule has 0 radical (unpaired) electrons. The summed E-state index contributed by atoms with van der Waals surface area (Å²) in [6.45, 7) is -0.247. The lowest BCUT2D eigenvalue weighted by Gasteiger charge is -2.28. The Kier molecular flexibility index (Phi) is 7.58. The Morgan fingerprint density at radius 3 is 2.41 bits per heavy atom. The normalized spacial score (nSPS) is 18.0. The monoisotopic (exact) mass is 541 g/mol.